The van der Waals surface area contributed by atoms with Crippen LogP contribution in [-0.2, 0) is 20.6 Å². The molecule has 5 nitrogen and oxygen atoms in total. The third-order valence-corrected chi connectivity index (χ3v) is 4.68. The highest BCUT2D eigenvalue weighted by Crippen LogP contribution is 2.13. The lowest BCUT2D eigenvalue weighted by Gasteiger charge is -2.18. The predicted octanol–water partition coefficient (Wildman–Crippen LogP) is 1.59. The number of nitrogens with one attached hydrogen (secondary N) is 1. The van der Waals surface area contributed by atoms with E-state index in [0.29, 0.717) is 13.1 Å². The topological polar surface area (TPSA) is 66.5 Å². The Kier molecular flexibility index (Phi) is 6.36. The van der Waals surface area contributed by atoms with E-state index in [9.17, 15) is 13.2 Å². The summed E-state index contributed by atoms with van der Waals surface area (Å²) < 4.78 is 26.5. The van der Waals surface area contributed by atoms with Gasteiger partial charge in [-0.15, -0.1) is 0 Å². The van der Waals surface area contributed by atoms with Crippen LogP contribution in [-0.4, -0.2) is 38.9 Å². The van der Waals surface area contributed by atoms with Crippen molar-refractivity contribution in [2.45, 2.75) is 33.4 Å². The van der Waals surface area contributed by atoms with Crippen LogP contribution in [0, 0.1) is 13.8 Å². The summed E-state index contributed by atoms with van der Waals surface area (Å²) in [5, 5.41) is 0. The molecule has 6 heteroatoms. The number of carbonyl (C=O) groups is 1. The van der Waals surface area contributed by atoms with Crippen LogP contribution in [0.4, 0.5) is 0 Å². The molecular weight excluding hydrogens is 288 g/mol. The molecule has 0 radical (unpaired) electrons. The lowest BCUT2D eigenvalue weighted by atomic mass is 10.1. The van der Waals surface area contributed by atoms with E-state index in [1.54, 1.807) is 4.90 Å². The van der Waals surface area contributed by atoms with Crippen LogP contribution >= 0.6 is 0 Å². The fourth-order valence-electron chi connectivity index (χ4n) is 2.12. The Morgan fingerprint density at radius 3 is 2.33 bits per heavy atom. The zero-order valence-electron chi connectivity index (χ0n) is 13.1. The summed E-state index contributed by atoms with van der Waals surface area (Å²) in [6.07, 6.45) is 0. The summed E-state index contributed by atoms with van der Waals surface area (Å²) in [7, 11) is -3.51. The fourth-order valence-corrected chi connectivity index (χ4v) is 3.30. The minimum Gasteiger partial charge on any atom is -0.342 e. The van der Waals surface area contributed by atoms with Crippen molar-refractivity contribution < 1.29 is 13.2 Å². The third kappa shape index (κ3) is 5.47. The number of nitrogens with zero attached hydrogens (tertiary/aromatic N) is 1. The smallest absolute Gasteiger partial charge is 0.237 e. The van der Waals surface area contributed by atoms with Gasteiger partial charge >= 0.3 is 0 Å². The van der Waals surface area contributed by atoms with Gasteiger partial charge < -0.3 is 4.90 Å². The molecule has 0 aliphatic carbocycles. The number of amides is 1. The van der Waals surface area contributed by atoms with E-state index in [4.69, 9.17) is 0 Å². The van der Waals surface area contributed by atoms with Crippen molar-refractivity contribution in [2.75, 3.05) is 19.6 Å². The summed E-state index contributed by atoms with van der Waals surface area (Å²) in [6.45, 7) is 8.56. The second-order valence-electron chi connectivity index (χ2n) is 5.08. The molecule has 0 unspecified atom stereocenters. The predicted molar refractivity (Wildman–Crippen MR) is 84.5 cm³/mol. The maximum absolute atomic E-state index is 12.1. The van der Waals surface area contributed by atoms with Crippen molar-refractivity contribution >= 4 is 15.9 Å². The summed E-state index contributed by atoms with van der Waals surface area (Å²) in [6, 6.07) is 5.65. The summed E-state index contributed by atoms with van der Waals surface area (Å²) in [4.78, 5) is 13.4. The maximum atomic E-state index is 12.1. The van der Waals surface area contributed by atoms with Crippen LogP contribution in [0.2, 0.25) is 0 Å². The van der Waals surface area contributed by atoms with E-state index in [2.05, 4.69) is 4.72 Å². The fraction of sp³-hybridized carbons (Fsp3) is 0.533. The van der Waals surface area contributed by atoms with Crippen LogP contribution in [0.3, 0.4) is 0 Å². The number of carbonyl (C=O) groups excluding carboxylic acids is 1. The molecule has 0 aliphatic rings. The minimum atomic E-state index is -3.51. The molecular formula is C15H24N2O3S. The van der Waals surface area contributed by atoms with E-state index in [1.807, 2.05) is 45.9 Å². The highest BCUT2D eigenvalue weighted by molar-refractivity contribution is 7.88. The van der Waals surface area contributed by atoms with Gasteiger partial charge in [0.1, 0.15) is 0 Å². The van der Waals surface area contributed by atoms with Crippen LogP contribution in [0.15, 0.2) is 18.2 Å². The van der Waals surface area contributed by atoms with Gasteiger partial charge in [0.2, 0.25) is 15.9 Å². The zero-order chi connectivity index (χ0) is 16.0. The molecule has 0 fully saturated rings. The molecule has 0 saturated heterocycles. The van der Waals surface area contributed by atoms with Gasteiger partial charge in [-0.3, -0.25) is 4.79 Å². The van der Waals surface area contributed by atoms with Crippen molar-refractivity contribution in [1.82, 2.24) is 9.62 Å². The molecule has 0 heterocycles. The molecule has 1 amide bonds. The Morgan fingerprint density at radius 2 is 1.81 bits per heavy atom. The first-order valence-electron chi connectivity index (χ1n) is 7.10. The first-order valence-corrected chi connectivity index (χ1v) is 8.75. The Bertz CT molecular complexity index is 593. The van der Waals surface area contributed by atoms with Crippen molar-refractivity contribution in [2.24, 2.45) is 0 Å². The Labute approximate surface area is 127 Å². The van der Waals surface area contributed by atoms with Crippen molar-refractivity contribution in [3.63, 3.8) is 0 Å². The number of hydrogen-bond acceptors (Lipinski definition) is 3. The second kappa shape index (κ2) is 7.56. The Hall–Kier alpha value is -1.40. The Balaban J connectivity index is 2.68. The average Bonchev–Trinajstić information content (AvgIpc) is 2.41. The van der Waals surface area contributed by atoms with Gasteiger partial charge in [0.05, 0.1) is 12.3 Å². The first-order chi connectivity index (χ1) is 9.79. The monoisotopic (exact) mass is 312 g/mol. The SMILES string of the molecule is CCN(CC)C(=O)CNS(=O)(=O)Cc1ccc(C)cc1C. The molecule has 1 rings (SSSR count). The van der Waals surface area contributed by atoms with Gasteiger partial charge in [-0.2, -0.15) is 0 Å². The van der Waals surface area contributed by atoms with Gasteiger partial charge in [0, 0.05) is 13.1 Å². The quantitative estimate of drug-likeness (QED) is 0.831. The number of rotatable bonds is 7. The van der Waals surface area contributed by atoms with Crippen molar-refractivity contribution in [1.29, 1.82) is 0 Å². The molecule has 0 bridgehead atoms. The van der Waals surface area contributed by atoms with Gasteiger partial charge in [0.15, 0.2) is 0 Å². The normalized spacial score (nSPS) is 11.4. The van der Waals surface area contributed by atoms with E-state index in [0.717, 1.165) is 16.7 Å². The third-order valence-electron chi connectivity index (χ3n) is 3.40. The maximum Gasteiger partial charge on any atom is 0.237 e. The molecule has 1 N–H and O–H groups in total. The highest BCUT2D eigenvalue weighted by Gasteiger charge is 2.16. The minimum absolute atomic E-state index is 0.107. The summed E-state index contributed by atoms with van der Waals surface area (Å²) in [5.74, 6) is -0.311. The highest BCUT2D eigenvalue weighted by atomic mass is 32.2. The standard InChI is InChI=1S/C15H24N2O3S/c1-5-17(6-2)15(18)10-16-21(19,20)11-14-8-7-12(3)9-13(14)4/h7-9,16H,5-6,10-11H2,1-4H3. The van der Waals surface area contributed by atoms with Gasteiger partial charge in [0.25, 0.3) is 0 Å². The molecule has 0 atom stereocenters. The lowest BCUT2D eigenvalue weighted by Crippen LogP contribution is -2.40. The molecule has 1 aromatic rings. The number of aryl methyl sites for hydroxylation is 2. The molecule has 21 heavy (non-hydrogen) atoms. The number of sulfonamides is 1. The van der Waals surface area contributed by atoms with Crippen LogP contribution in [0.5, 0.6) is 0 Å². The number of likely N-dealkylation sites (N-methyl/N-ethyl adjacent to an activating group) is 1. The molecule has 0 saturated carbocycles. The number of benzene rings is 1. The van der Waals surface area contributed by atoms with E-state index < -0.39 is 10.0 Å². The Morgan fingerprint density at radius 1 is 1.19 bits per heavy atom. The van der Waals surface area contributed by atoms with Crippen LogP contribution < -0.4 is 4.72 Å². The molecule has 0 spiro atoms. The van der Waals surface area contributed by atoms with Crippen molar-refractivity contribution in [3.05, 3.63) is 34.9 Å². The molecule has 118 valence electrons. The largest absolute Gasteiger partial charge is 0.342 e. The van der Waals surface area contributed by atoms with Gasteiger partial charge in [-0.25, -0.2) is 13.1 Å². The van der Waals surface area contributed by atoms with Gasteiger partial charge in [-0.1, -0.05) is 23.8 Å². The summed E-state index contributed by atoms with van der Waals surface area (Å²) >= 11 is 0. The second-order valence-corrected chi connectivity index (χ2v) is 6.88. The molecule has 0 aromatic heterocycles. The number of hydrogen-bond donors (Lipinski definition) is 1. The van der Waals surface area contributed by atoms with E-state index in [-0.39, 0.29) is 18.2 Å². The van der Waals surface area contributed by atoms with Crippen LogP contribution in [0.25, 0.3) is 0 Å². The van der Waals surface area contributed by atoms with Crippen molar-refractivity contribution in [3.8, 4) is 0 Å². The molecule has 0 aliphatic heterocycles. The van der Waals surface area contributed by atoms with Crippen LogP contribution in [0.1, 0.15) is 30.5 Å². The zero-order valence-corrected chi connectivity index (χ0v) is 14.0. The van der Waals surface area contributed by atoms with E-state index in [1.165, 1.54) is 0 Å². The molecule has 1 aromatic carbocycles. The first kappa shape index (κ1) is 17.7. The average molecular weight is 312 g/mol. The summed E-state index contributed by atoms with van der Waals surface area (Å²) in [5.41, 5.74) is 2.79. The van der Waals surface area contributed by atoms with E-state index >= 15 is 0 Å². The van der Waals surface area contributed by atoms with Gasteiger partial charge in [-0.05, 0) is 38.8 Å². The lowest BCUT2D eigenvalue weighted by molar-refractivity contribution is -0.129.